The van der Waals surface area contributed by atoms with Crippen molar-refractivity contribution in [1.29, 1.82) is 0 Å². The van der Waals surface area contributed by atoms with E-state index in [0.717, 1.165) is 33.4 Å². The minimum absolute atomic E-state index is 0.0215. The first kappa shape index (κ1) is 24.2. The number of amides is 2. The Morgan fingerprint density at radius 2 is 1.73 bits per heavy atom. The van der Waals surface area contributed by atoms with Crippen LogP contribution in [0.1, 0.15) is 23.4 Å². The van der Waals surface area contributed by atoms with Crippen LogP contribution in [-0.2, 0) is 16.1 Å². The quantitative estimate of drug-likeness (QED) is 0.387. The average molecular weight is 496 g/mol. The molecule has 37 heavy (non-hydrogen) atoms. The van der Waals surface area contributed by atoms with Crippen LogP contribution < -0.4 is 10.2 Å². The third-order valence-corrected chi connectivity index (χ3v) is 6.47. The predicted octanol–water partition coefficient (Wildman–Crippen LogP) is 5.36. The van der Waals surface area contributed by atoms with E-state index in [9.17, 15) is 9.59 Å². The third kappa shape index (κ3) is 5.53. The number of benzene rings is 3. The van der Waals surface area contributed by atoms with E-state index in [0.29, 0.717) is 24.7 Å². The maximum Gasteiger partial charge on any atom is 0.411 e. The molecule has 8 nitrogen and oxygen atoms in total. The van der Waals surface area contributed by atoms with Crippen molar-refractivity contribution in [3.8, 4) is 0 Å². The number of nitrogens with zero attached hydrogens (tertiary/aromatic N) is 4. The van der Waals surface area contributed by atoms with Crippen LogP contribution >= 0.6 is 0 Å². The lowest BCUT2D eigenvalue weighted by molar-refractivity contribution is -0.128. The topological polar surface area (TPSA) is 87.7 Å². The highest BCUT2D eigenvalue weighted by atomic mass is 16.6. The van der Waals surface area contributed by atoms with Gasteiger partial charge < -0.3 is 14.5 Å². The first-order valence-electron chi connectivity index (χ1n) is 12.2. The largest absolute Gasteiger partial charge is 0.444 e. The number of hydrogen-bond acceptors (Lipinski definition) is 6. The maximum atomic E-state index is 12.6. The van der Waals surface area contributed by atoms with Crippen molar-refractivity contribution in [3.05, 3.63) is 89.7 Å². The minimum atomic E-state index is -0.580. The summed E-state index contributed by atoms with van der Waals surface area (Å²) in [4.78, 5) is 37.8. The van der Waals surface area contributed by atoms with Gasteiger partial charge in [-0.1, -0.05) is 42.5 Å². The van der Waals surface area contributed by atoms with Gasteiger partial charge in [-0.3, -0.25) is 10.1 Å². The number of aryl methyl sites for hydroxylation is 2. The summed E-state index contributed by atoms with van der Waals surface area (Å²) in [5.41, 5.74) is 4.36. The van der Waals surface area contributed by atoms with E-state index in [1.807, 2.05) is 68.3 Å². The summed E-state index contributed by atoms with van der Waals surface area (Å²) in [5, 5.41) is 5.02. The molecule has 188 valence electrons. The molecule has 0 spiro atoms. The highest BCUT2D eigenvalue weighted by Crippen LogP contribution is 2.25. The van der Waals surface area contributed by atoms with E-state index < -0.39 is 12.2 Å². The van der Waals surface area contributed by atoms with Crippen molar-refractivity contribution in [2.24, 2.45) is 0 Å². The van der Waals surface area contributed by atoms with Gasteiger partial charge in [-0.2, -0.15) is 0 Å². The zero-order valence-corrected chi connectivity index (χ0v) is 21.1. The van der Waals surface area contributed by atoms with Crippen molar-refractivity contribution in [2.75, 3.05) is 23.8 Å². The van der Waals surface area contributed by atoms with E-state index in [2.05, 4.69) is 33.5 Å². The molecule has 5 rings (SSSR count). The molecule has 8 heteroatoms. The van der Waals surface area contributed by atoms with Gasteiger partial charge in [0.15, 0.2) is 0 Å². The van der Waals surface area contributed by atoms with Crippen LogP contribution in [-0.4, -0.2) is 46.6 Å². The number of carbonyl (C=O) groups excluding carboxylic acids is 2. The van der Waals surface area contributed by atoms with Gasteiger partial charge in [-0.05, 0) is 60.5 Å². The molecule has 1 unspecified atom stereocenters. The summed E-state index contributed by atoms with van der Waals surface area (Å²) in [5.74, 6) is 0.586. The Bertz CT molecular complexity index is 1430. The van der Waals surface area contributed by atoms with Crippen molar-refractivity contribution in [1.82, 2.24) is 14.9 Å². The van der Waals surface area contributed by atoms with Gasteiger partial charge >= 0.3 is 6.09 Å². The fourth-order valence-corrected chi connectivity index (χ4v) is 4.64. The van der Waals surface area contributed by atoms with Crippen LogP contribution in [0, 0.1) is 13.8 Å². The van der Waals surface area contributed by atoms with E-state index in [4.69, 9.17) is 4.74 Å². The Kier molecular flexibility index (Phi) is 6.72. The molecule has 0 aliphatic carbocycles. The predicted molar refractivity (Wildman–Crippen MR) is 144 cm³/mol. The van der Waals surface area contributed by atoms with E-state index in [1.165, 1.54) is 0 Å². The Morgan fingerprint density at radius 1 is 1.03 bits per heavy atom. The Morgan fingerprint density at radius 3 is 2.49 bits per heavy atom. The standard InChI is InChI=1S/C29H29N5O3/c1-19-15-20(2)31-28(30-19)33(3)24-13-11-23(12-14-24)32-29(36)37-25-16-27(35)34(18-25)17-22-9-6-8-21-7-4-5-10-26(21)22/h4-15,25H,16-18H2,1-3H3,(H,32,36). The van der Waals surface area contributed by atoms with Gasteiger partial charge in [0.1, 0.15) is 6.10 Å². The molecule has 1 N–H and O–H groups in total. The monoisotopic (exact) mass is 495 g/mol. The SMILES string of the molecule is Cc1cc(C)nc(N(C)c2ccc(NC(=O)OC3CC(=O)N(Cc4cccc5ccccc45)C3)cc2)n1. The lowest BCUT2D eigenvalue weighted by Gasteiger charge is -2.19. The molecule has 0 saturated carbocycles. The number of carbonyl (C=O) groups is 2. The Hall–Kier alpha value is -4.46. The zero-order chi connectivity index (χ0) is 25.9. The smallest absolute Gasteiger partial charge is 0.411 e. The summed E-state index contributed by atoms with van der Waals surface area (Å²) in [7, 11) is 1.89. The van der Waals surface area contributed by atoms with Crippen molar-refractivity contribution < 1.29 is 14.3 Å². The number of fused-ring (bicyclic) bond motifs is 1. The number of aromatic nitrogens is 2. The van der Waals surface area contributed by atoms with E-state index >= 15 is 0 Å². The van der Waals surface area contributed by atoms with Crippen LogP contribution in [0.2, 0.25) is 0 Å². The maximum absolute atomic E-state index is 12.6. The van der Waals surface area contributed by atoms with Gasteiger partial charge in [0.2, 0.25) is 11.9 Å². The summed E-state index contributed by atoms with van der Waals surface area (Å²) >= 11 is 0. The van der Waals surface area contributed by atoms with Crippen molar-refractivity contribution in [3.63, 3.8) is 0 Å². The van der Waals surface area contributed by atoms with Crippen molar-refractivity contribution in [2.45, 2.75) is 32.9 Å². The molecular weight excluding hydrogens is 466 g/mol. The van der Waals surface area contributed by atoms with Crippen LogP contribution in [0.4, 0.5) is 22.1 Å². The third-order valence-electron chi connectivity index (χ3n) is 6.47. The molecule has 1 fully saturated rings. The highest BCUT2D eigenvalue weighted by molar-refractivity contribution is 5.88. The number of hydrogen-bond donors (Lipinski definition) is 1. The molecule has 1 aromatic heterocycles. The molecule has 1 aliphatic rings. The van der Waals surface area contributed by atoms with Crippen LogP contribution in [0.15, 0.2) is 72.8 Å². The molecule has 4 aromatic rings. The fourth-order valence-electron chi connectivity index (χ4n) is 4.64. The Labute approximate surface area is 215 Å². The van der Waals surface area contributed by atoms with E-state index in [1.54, 1.807) is 17.0 Å². The fraction of sp³-hybridized carbons (Fsp3) is 0.241. The number of anilines is 3. The summed E-state index contributed by atoms with van der Waals surface area (Å²) in [6.07, 6.45) is -0.893. The van der Waals surface area contributed by atoms with E-state index in [-0.39, 0.29) is 12.3 Å². The lowest BCUT2D eigenvalue weighted by atomic mass is 10.0. The number of rotatable bonds is 6. The summed E-state index contributed by atoms with van der Waals surface area (Å²) in [6, 6.07) is 23.5. The summed E-state index contributed by atoms with van der Waals surface area (Å²) in [6.45, 7) is 4.73. The molecule has 1 saturated heterocycles. The molecule has 1 aliphatic heterocycles. The summed E-state index contributed by atoms with van der Waals surface area (Å²) < 4.78 is 5.57. The molecule has 0 bridgehead atoms. The highest BCUT2D eigenvalue weighted by Gasteiger charge is 2.32. The first-order valence-corrected chi connectivity index (χ1v) is 12.2. The first-order chi connectivity index (χ1) is 17.9. The van der Waals surface area contributed by atoms with Crippen LogP contribution in [0.25, 0.3) is 10.8 Å². The van der Waals surface area contributed by atoms with Gasteiger partial charge in [-0.15, -0.1) is 0 Å². The molecule has 0 radical (unpaired) electrons. The Balaban J connectivity index is 1.17. The van der Waals surface area contributed by atoms with Crippen LogP contribution in [0.3, 0.4) is 0 Å². The molecule has 1 atom stereocenters. The number of likely N-dealkylation sites (tertiary alicyclic amines) is 1. The van der Waals surface area contributed by atoms with Gasteiger partial charge in [-0.25, -0.2) is 14.8 Å². The zero-order valence-electron chi connectivity index (χ0n) is 21.1. The number of ether oxygens (including phenoxy) is 1. The van der Waals surface area contributed by atoms with Crippen LogP contribution in [0.5, 0.6) is 0 Å². The normalized spacial score (nSPS) is 15.2. The van der Waals surface area contributed by atoms with Gasteiger partial charge in [0.25, 0.3) is 0 Å². The van der Waals surface area contributed by atoms with Gasteiger partial charge in [0.05, 0.1) is 13.0 Å². The molecular formula is C29H29N5O3. The van der Waals surface area contributed by atoms with Crippen molar-refractivity contribution >= 4 is 40.1 Å². The molecule has 2 amide bonds. The second-order valence-electron chi connectivity index (χ2n) is 9.33. The minimum Gasteiger partial charge on any atom is -0.444 e. The molecule has 2 heterocycles. The second-order valence-corrected chi connectivity index (χ2v) is 9.33. The molecule has 3 aromatic carbocycles. The lowest BCUT2D eigenvalue weighted by Crippen LogP contribution is -2.28. The number of nitrogens with one attached hydrogen (secondary N) is 1. The van der Waals surface area contributed by atoms with Gasteiger partial charge in [0, 0.05) is 36.4 Å². The average Bonchev–Trinajstić information content (AvgIpc) is 3.21. The second kappa shape index (κ2) is 10.3.